The first-order valence-electron chi connectivity index (χ1n) is 13.3. The molecule has 41 heavy (non-hydrogen) atoms. The normalized spacial score (nSPS) is 12.1. The number of nitrogens with one attached hydrogen (secondary N) is 1. The van der Waals surface area contributed by atoms with E-state index in [0.29, 0.717) is 12.1 Å². The summed E-state index contributed by atoms with van der Waals surface area (Å²) in [5.41, 5.74) is 1.45. The highest BCUT2D eigenvalue weighted by molar-refractivity contribution is 7.90. The summed E-state index contributed by atoms with van der Waals surface area (Å²) < 4.78 is 55.8. The average Bonchev–Trinajstić information content (AvgIpc) is 2.95. The van der Waals surface area contributed by atoms with Crippen LogP contribution in [0, 0.1) is 11.6 Å². The third-order valence-corrected chi connectivity index (χ3v) is 8.32. The van der Waals surface area contributed by atoms with Crippen molar-refractivity contribution in [3.8, 4) is 0 Å². The summed E-state index contributed by atoms with van der Waals surface area (Å²) in [5, 5.41) is 2.90. The number of anilines is 1. The second-order valence-electron chi connectivity index (χ2n) is 9.77. The number of hydrogen-bond acceptors (Lipinski definition) is 4. The second-order valence-corrected chi connectivity index (χ2v) is 11.8. The fourth-order valence-corrected chi connectivity index (χ4v) is 5.23. The number of halogens is 2. The molecule has 0 aliphatic carbocycles. The SMILES string of the molecule is CCCCNC(=O)[C@@H](Cc1ccccc1)N(Cc1ccc(F)cc1)C(=O)CN(c1ccc(F)cc1)S(=O)(=O)N(C)C. The van der Waals surface area contributed by atoms with E-state index in [-0.39, 0.29) is 24.6 Å². The van der Waals surface area contributed by atoms with Crippen molar-refractivity contribution in [1.29, 1.82) is 0 Å². The monoisotopic (exact) mass is 586 g/mol. The average molecular weight is 587 g/mol. The van der Waals surface area contributed by atoms with Crippen molar-refractivity contribution < 1.29 is 26.8 Å². The molecule has 0 fully saturated rings. The maximum atomic E-state index is 14.1. The molecule has 1 atom stereocenters. The van der Waals surface area contributed by atoms with Crippen molar-refractivity contribution in [2.75, 3.05) is 31.5 Å². The van der Waals surface area contributed by atoms with E-state index in [1.165, 1.54) is 55.4 Å². The van der Waals surface area contributed by atoms with Crippen LogP contribution in [-0.2, 0) is 32.8 Å². The molecule has 1 N–H and O–H groups in total. The predicted octanol–water partition coefficient (Wildman–Crippen LogP) is 4.13. The van der Waals surface area contributed by atoms with Gasteiger partial charge in [0, 0.05) is 33.6 Å². The maximum Gasteiger partial charge on any atom is 0.304 e. The van der Waals surface area contributed by atoms with Gasteiger partial charge in [-0.3, -0.25) is 9.59 Å². The van der Waals surface area contributed by atoms with Crippen molar-refractivity contribution in [2.45, 2.75) is 38.8 Å². The largest absolute Gasteiger partial charge is 0.354 e. The van der Waals surface area contributed by atoms with Gasteiger partial charge in [0.05, 0.1) is 5.69 Å². The molecule has 0 saturated carbocycles. The molecule has 220 valence electrons. The van der Waals surface area contributed by atoms with Crippen molar-refractivity contribution in [1.82, 2.24) is 14.5 Å². The van der Waals surface area contributed by atoms with E-state index < -0.39 is 40.3 Å². The van der Waals surface area contributed by atoms with Gasteiger partial charge in [-0.25, -0.2) is 13.1 Å². The summed E-state index contributed by atoms with van der Waals surface area (Å²) in [6.45, 7) is 1.68. The van der Waals surface area contributed by atoms with Gasteiger partial charge in [0.2, 0.25) is 11.8 Å². The molecule has 0 bridgehead atoms. The van der Waals surface area contributed by atoms with Crippen molar-refractivity contribution in [3.05, 3.63) is 102 Å². The summed E-state index contributed by atoms with van der Waals surface area (Å²) in [6, 6.07) is 18.5. The zero-order valence-electron chi connectivity index (χ0n) is 23.5. The minimum atomic E-state index is -4.19. The molecule has 0 aliphatic heterocycles. The lowest BCUT2D eigenvalue weighted by Gasteiger charge is -2.34. The quantitative estimate of drug-likeness (QED) is 0.288. The van der Waals surface area contributed by atoms with E-state index in [2.05, 4.69) is 5.32 Å². The Balaban J connectivity index is 2.06. The molecule has 11 heteroatoms. The third-order valence-electron chi connectivity index (χ3n) is 6.50. The van der Waals surface area contributed by atoms with Gasteiger partial charge >= 0.3 is 10.2 Å². The number of hydrogen-bond donors (Lipinski definition) is 1. The standard InChI is InChI=1S/C30H36F2N4O4S/c1-4-5-19-33-30(38)28(20-23-9-7-6-8-10-23)35(21-24-11-13-25(31)14-12-24)29(37)22-36(41(39,40)34(2)3)27-17-15-26(32)16-18-27/h6-18,28H,4-5,19-22H2,1-3H3,(H,33,38)/t28-/m1/s1. The van der Waals surface area contributed by atoms with Gasteiger partial charge in [0.15, 0.2) is 0 Å². The summed E-state index contributed by atoms with van der Waals surface area (Å²) in [4.78, 5) is 29.0. The van der Waals surface area contributed by atoms with E-state index in [9.17, 15) is 26.8 Å². The van der Waals surface area contributed by atoms with Gasteiger partial charge in [-0.15, -0.1) is 0 Å². The van der Waals surface area contributed by atoms with E-state index in [0.717, 1.165) is 39.1 Å². The van der Waals surface area contributed by atoms with Crippen LogP contribution in [0.2, 0.25) is 0 Å². The summed E-state index contributed by atoms with van der Waals surface area (Å²) in [5.74, 6) is -2.06. The lowest BCUT2D eigenvalue weighted by molar-refractivity contribution is -0.140. The highest BCUT2D eigenvalue weighted by Gasteiger charge is 2.34. The Morgan fingerprint density at radius 3 is 2.00 bits per heavy atom. The minimum Gasteiger partial charge on any atom is -0.354 e. The van der Waals surface area contributed by atoms with E-state index in [1.54, 1.807) is 0 Å². The summed E-state index contributed by atoms with van der Waals surface area (Å²) >= 11 is 0. The van der Waals surface area contributed by atoms with Gasteiger partial charge < -0.3 is 10.2 Å². The first-order valence-corrected chi connectivity index (χ1v) is 14.7. The maximum absolute atomic E-state index is 14.1. The molecular weight excluding hydrogens is 550 g/mol. The predicted molar refractivity (Wildman–Crippen MR) is 155 cm³/mol. The molecule has 3 aromatic carbocycles. The zero-order chi connectivity index (χ0) is 30.0. The number of carbonyl (C=O) groups excluding carboxylic acids is 2. The number of benzene rings is 3. The first kappa shape index (κ1) is 31.7. The number of amides is 2. The molecule has 0 aliphatic rings. The third kappa shape index (κ3) is 8.83. The molecule has 0 spiro atoms. The Morgan fingerprint density at radius 1 is 0.854 bits per heavy atom. The molecule has 0 radical (unpaired) electrons. The Kier molecular flexibility index (Phi) is 11.4. The highest BCUT2D eigenvalue weighted by atomic mass is 32.2. The topological polar surface area (TPSA) is 90.0 Å². The summed E-state index contributed by atoms with van der Waals surface area (Å²) in [6.07, 6.45) is 1.77. The van der Waals surface area contributed by atoms with Crippen LogP contribution in [0.5, 0.6) is 0 Å². The first-order chi connectivity index (χ1) is 19.5. The van der Waals surface area contributed by atoms with Crippen LogP contribution < -0.4 is 9.62 Å². The Bertz CT molecular complexity index is 1390. The van der Waals surface area contributed by atoms with Gasteiger partial charge in [-0.1, -0.05) is 55.8 Å². The lowest BCUT2D eigenvalue weighted by Crippen LogP contribution is -2.54. The van der Waals surface area contributed by atoms with Crippen molar-refractivity contribution >= 4 is 27.7 Å². The van der Waals surface area contributed by atoms with Crippen LogP contribution in [0.4, 0.5) is 14.5 Å². The fraction of sp³-hybridized carbons (Fsp3) is 0.333. The number of nitrogens with zero attached hydrogens (tertiary/aromatic N) is 3. The van der Waals surface area contributed by atoms with Crippen LogP contribution >= 0.6 is 0 Å². The van der Waals surface area contributed by atoms with Gasteiger partial charge in [-0.05, 0) is 53.9 Å². The van der Waals surface area contributed by atoms with Crippen LogP contribution in [0.15, 0.2) is 78.9 Å². The molecule has 0 unspecified atom stereocenters. The summed E-state index contributed by atoms with van der Waals surface area (Å²) in [7, 11) is -1.54. The van der Waals surface area contributed by atoms with Crippen LogP contribution in [-0.4, -0.2) is 62.7 Å². The molecule has 0 saturated heterocycles. The van der Waals surface area contributed by atoms with Crippen molar-refractivity contribution in [2.24, 2.45) is 0 Å². The van der Waals surface area contributed by atoms with E-state index >= 15 is 0 Å². The molecule has 3 aromatic rings. The molecule has 0 heterocycles. The highest BCUT2D eigenvalue weighted by Crippen LogP contribution is 2.22. The van der Waals surface area contributed by atoms with Crippen molar-refractivity contribution in [3.63, 3.8) is 0 Å². The van der Waals surface area contributed by atoms with E-state index in [4.69, 9.17) is 0 Å². The molecule has 0 aromatic heterocycles. The minimum absolute atomic E-state index is 0.0723. The second kappa shape index (κ2) is 14.7. The van der Waals surface area contributed by atoms with Gasteiger partial charge in [0.1, 0.15) is 24.2 Å². The Hall–Kier alpha value is -3.83. The lowest BCUT2D eigenvalue weighted by atomic mass is 10.0. The number of unbranched alkanes of at least 4 members (excludes halogenated alkanes) is 1. The zero-order valence-corrected chi connectivity index (χ0v) is 24.3. The molecular formula is C30H36F2N4O4S. The van der Waals surface area contributed by atoms with Gasteiger partial charge in [0.25, 0.3) is 0 Å². The Labute approximate surface area is 240 Å². The Morgan fingerprint density at radius 2 is 1.44 bits per heavy atom. The molecule has 8 nitrogen and oxygen atoms in total. The van der Waals surface area contributed by atoms with Gasteiger partial charge in [-0.2, -0.15) is 12.7 Å². The number of rotatable bonds is 14. The van der Waals surface area contributed by atoms with E-state index in [1.807, 2.05) is 37.3 Å². The van der Waals surface area contributed by atoms with Crippen LogP contribution in [0.1, 0.15) is 30.9 Å². The van der Waals surface area contributed by atoms with Crippen LogP contribution in [0.25, 0.3) is 0 Å². The fourth-order valence-electron chi connectivity index (χ4n) is 4.17. The smallest absolute Gasteiger partial charge is 0.304 e. The van der Waals surface area contributed by atoms with Crippen LogP contribution in [0.3, 0.4) is 0 Å². The number of carbonyl (C=O) groups is 2. The molecule has 3 rings (SSSR count). The molecule has 2 amide bonds.